The van der Waals surface area contributed by atoms with Gasteiger partial charge in [0.15, 0.2) is 9.84 Å². The van der Waals surface area contributed by atoms with Crippen molar-refractivity contribution in [2.45, 2.75) is 61.7 Å². The number of aromatic nitrogens is 2. The number of aliphatic hydroxyl groups excluding tert-OH is 1. The zero-order valence-corrected chi connectivity index (χ0v) is 25.4. The molecule has 5 rings (SSSR count). The van der Waals surface area contributed by atoms with Gasteiger partial charge in [0.25, 0.3) is 5.91 Å². The monoisotopic (exact) mass is 648 g/mol. The van der Waals surface area contributed by atoms with Crippen LogP contribution in [-0.2, 0) is 20.8 Å². The molecule has 1 unspecified atom stereocenters. The number of sulfone groups is 1. The van der Waals surface area contributed by atoms with Gasteiger partial charge in [-0.3, -0.25) is 9.69 Å². The van der Waals surface area contributed by atoms with E-state index in [-0.39, 0.29) is 41.2 Å². The minimum Gasteiger partial charge on any atom is -0.489 e. The van der Waals surface area contributed by atoms with Gasteiger partial charge in [0.05, 0.1) is 34.4 Å². The molecule has 1 amide bonds. The van der Waals surface area contributed by atoms with E-state index in [1.807, 2.05) is 0 Å². The van der Waals surface area contributed by atoms with Crippen molar-refractivity contribution in [2.75, 3.05) is 25.5 Å². The van der Waals surface area contributed by atoms with E-state index in [4.69, 9.17) is 9.47 Å². The molecule has 0 bridgehead atoms. The standard InChI is InChI=1S/C31H35F3N4O6S/c1-2-45(41,42)27-11-5-21(6-12-27)28(37-29(39)22-14-35-19-36-15-22)30(40)38-16-26(13-24(38)18-43-17-20-3-4-20)44-25-9-7-23(8-10-25)31(32,33)34/h5-12,14-15,19-20,24,26,28,30,40H,2-4,13,16-18H2,1H3,(H,37,39)/t24-,26+,28+,30?/m0/s1. The van der Waals surface area contributed by atoms with Gasteiger partial charge in [0.1, 0.15) is 24.4 Å². The third kappa shape index (κ3) is 8.37. The van der Waals surface area contributed by atoms with Gasteiger partial charge in [-0.2, -0.15) is 13.2 Å². The van der Waals surface area contributed by atoms with Gasteiger partial charge in [0, 0.05) is 38.0 Å². The Morgan fingerprint density at radius 1 is 1.07 bits per heavy atom. The third-order valence-electron chi connectivity index (χ3n) is 7.99. The lowest BCUT2D eigenvalue weighted by Crippen LogP contribution is -2.49. The fourth-order valence-electron chi connectivity index (χ4n) is 5.25. The maximum atomic E-state index is 13.2. The molecule has 242 valence electrons. The Kier molecular flexibility index (Phi) is 10.1. The minimum absolute atomic E-state index is 0.0836. The summed E-state index contributed by atoms with van der Waals surface area (Å²) in [7, 11) is -3.48. The predicted octanol–water partition coefficient (Wildman–Crippen LogP) is 4.03. The van der Waals surface area contributed by atoms with Crippen LogP contribution in [0.25, 0.3) is 0 Å². The van der Waals surface area contributed by atoms with Crippen LogP contribution >= 0.6 is 0 Å². The van der Waals surface area contributed by atoms with E-state index >= 15 is 0 Å². The molecule has 4 atom stereocenters. The summed E-state index contributed by atoms with van der Waals surface area (Å²) in [5, 5.41) is 14.7. The Morgan fingerprint density at radius 2 is 1.73 bits per heavy atom. The molecule has 1 aliphatic carbocycles. The molecule has 3 aromatic rings. The van der Waals surface area contributed by atoms with Gasteiger partial charge in [0.2, 0.25) is 0 Å². The molecule has 2 aliphatic rings. The van der Waals surface area contributed by atoms with Crippen molar-refractivity contribution < 1.29 is 41.0 Å². The summed E-state index contributed by atoms with van der Waals surface area (Å²) in [6.45, 7) is 2.57. The molecule has 2 aromatic carbocycles. The maximum absolute atomic E-state index is 13.2. The Bertz CT molecular complexity index is 1540. The number of halogens is 3. The van der Waals surface area contributed by atoms with Crippen LogP contribution in [0.3, 0.4) is 0 Å². The summed E-state index contributed by atoms with van der Waals surface area (Å²) in [4.78, 5) is 22.8. The summed E-state index contributed by atoms with van der Waals surface area (Å²) >= 11 is 0. The summed E-state index contributed by atoms with van der Waals surface area (Å²) < 4.78 is 76.0. The molecule has 0 radical (unpaired) electrons. The van der Waals surface area contributed by atoms with E-state index in [0.29, 0.717) is 24.5 Å². The maximum Gasteiger partial charge on any atom is 0.416 e. The van der Waals surface area contributed by atoms with Crippen LogP contribution in [0.2, 0.25) is 0 Å². The normalized spacial score (nSPS) is 20.5. The minimum atomic E-state index is -4.47. The van der Waals surface area contributed by atoms with Crippen molar-refractivity contribution in [3.63, 3.8) is 0 Å². The SMILES string of the molecule is CCS(=O)(=O)c1ccc([C@@H](NC(=O)c2cncnc2)C(O)N2C[C@H](Oc3ccc(C(F)(F)F)cc3)C[C@H]2COCC2CC2)cc1. The summed E-state index contributed by atoms with van der Waals surface area (Å²) in [6.07, 6.45) is 0.260. The Hall–Kier alpha value is -3.59. The zero-order chi connectivity index (χ0) is 32.2. The number of hydrogen-bond donors (Lipinski definition) is 2. The second-order valence-electron chi connectivity index (χ2n) is 11.3. The van der Waals surface area contributed by atoms with E-state index in [2.05, 4.69) is 15.3 Å². The highest BCUT2D eigenvalue weighted by Gasteiger charge is 2.41. The molecule has 1 aromatic heterocycles. The number of aliphatic hydroxyl groups is 1. The van der Waals surface area contributed by atoms with Crippen molar-refractivity contribution in [3.8, 4) is 5.75 Å². The predicted molar refractivity (Wildman–Crippen MR) is 157 cm³/mol. The zero-order valence-electron chi connectivity index (χ0n) is 24.6. The molecule has 2 fully saturated rings. The molecule has 1 aliphatic heterocycles. The summed E-state index contributed by atoms with van der Waals surface area (Å²) in [6, 6.07) is 9.01. The molecular formula is C31H35F3N4O6S. The number of likely N-dealkylation sites (tertiary alicyclic amines) is 1. The van der Waals surface area contributed by atoms with Gasteiger partial charge in [-0.25, -0.2) is 18.4 Å². The number of carbonyl (C=O) groups is 1. The second-order valence-corrected chi connectivity index (χ2v) is 13.6. The first-order chi connectivity index (χ1) is 21.4. The fraction of sp³-hybridized carbons (Fsp3) is 0.452. The number of amides is 1. The van der Waals surface area contributed by atoms with Crippen LogP contribution in [0.5, 0.6) is 5.75 Å². The van der Waals surface area contributed by atoms with Crippen LogP contribution in [0.15, 0.2) is 72.1 Å². The highest BCUT2D eigenvalue weighted by Crippen LogP contribution is 2.34. The van der Waals surface area contributed by atoms with Crippen molar-refractivity contribution in [2.24, 2.45) is 5.92 Å². The topological polar surface area (TPSA) is 131 Å². The Balaban J connectivity index is 1.39. The lowest BCUT2D eigenvalue weighted by atomic mass is 10.0. The van der Waals surface area contributed by atoms with Crippen LogP contribution in [-0.4, -0.2) is 78.2 Å². The van der Waals surface area contributed by atoms with E-state index < -0.39 is 45.9 Å². The third-order valence-corrected chi connectivity index (χ3v) is 9.74. The van der Waals surface area contributed by atoms with Gasteiger partial charge in [-0.1, -0.05) is 19.1 Å². The number of alkyl halides is 3. The number of nitrogens with zero attached hydrogens (tertiary/aromatic N) is 3. The Morgan fingerprint density at radius 3 is 2.33 bits per heavy atom. The number of benzene rings is 2. The molecule has 0 spiro atoms. The highest BCUT2D eigenvalue weighted by molar-refractivity contribution is 7.91. The first kappa shape index (κ1) is 32.8. The average molecular weight is 649 g/mol. The first-order valence-electron chi connectivity index (χ1n) is 14.7. The van der Waals surface area contributed by atoms with Gasteiger partial charge in [-0.05, 0) is 60.7 Å². The molecular weight excluding hydrogens is 613 g/mol. The molecule has 2 heterocycles. The molecule has 14 heteroatoms. The second kappa shape index (κ2) is 13.8. The highest BCUT2D eigenvalue weighted by atomic mass is 32.2. The molecule has 2 N–H and O–H groups in total. The number of ether oxygens (including phenoxy) is 2. The quantitative estimate of drug-likeness (QED) is 0.282. The van der Waals surface area contributed by atoms with Gasteiger partial charge in [-0.15, -0.1) is 0 Å². The number of nitrogens with one attached hydrogen (secondary N) is 1. The molecule has 45 heavy (non-hydrogen) atoms. The van der Waals surface area contributed by atoms with Crippen molar-refractivity contribution in [1.82, 2.24) is 20.2 Å². The number of rotatable bonds is 13. The van der Waals surface area contributed by atoms with Gasteiger partial charge < -0.3 is 19.9 Å². The van der Waals surface area contributed by atoms with Crippen LogP contribution in [0.1, 0.15) is 53.7 Å². The summed E-state index contributed by atoms with van der Waals surface area (Å²) in [5.74, 6) is 0.119. The van der Waals surface area contributed by atoms with Crippen molar-refractivity contribution >= 4 is 15.7 Å². The van der Waals surface area contributed by atoms with E-state index in [0.717, 1.165) is 25.0 Å². The lowest BCUT2D eigenvalue weighted by Gasteiger charge is -2.35. The largest absolute Gasteiger partial charge is 0.489 e. The first-order valence-corrected chi connectivity index (χ1v) is 16.3. The Labute approximate surface area is 259 Å². The van der Waals surface area contributed by atoms with Crippen LogP contribution < -0.4 is 10.1 Å². The smallest absolute Gasteiger partial charge is 0.416 e. The summed E-state index contributed by atoms with van der Waals surface area (Å²) in [5.41, 5.74) is -0.175. The van der Waals surface area contributed by atoms with Crippen LogP contribution in [0.4, 0.5) is 13.2 Å². The van der Waals surface area contributed by atoms with E-state index in [1.54, 1.807) is 24.0 Å². The average Bonchev–Trinajstić information content (AvgIpc) is 3.78. The van der Waals surface area contributed by atoms with Gasteiger partial charge >= 0.3 is 6.18 Å². The van der Waals surface area contributed by atoms with Crippen LogP contribution in [0, 0.1) is 5.92 Å². The fourth-order valence-corrected chi connectivity index (χ4v) is 6.14. The lowest BCUT2D eigenvalue weighted by molar-refractivity contribution is -0.137. The number of hydrogen-bond acceptors (Lipinski definition) is 9. The van der Waals surface area contributed by atoms with Crippen molar-refractivity contribution in [1.29, 1.82) is 0 Å². The van der Waals surface area contributed by atoms with Crippen molar-refractivity contribution in [3.05, 3.63) is 83.9 Å². The molecule has 1 saturated heterocycles. The van der Waals surface area contributed by atoms with E-state index in [9.17, 15) is 31.5 Å². The molecule has 1 saturated carbocycles. The molecule has 10 nitrogen and oxygen atoms in total. The number of carbonyl (C=O) groups excluding carboxylic acids is 1. The van der Waals surface area contributed by atoms with E-state index in [1.165, 1.54) is 43.0 Å².